The van der Waals surface area contributed by atoms with Crippen molar-refractivity contribution in [2.75, 3.05) is 17.2 Å². The van der Waals surface area contributed by atoms with Gasteiger partial charge in [0.1, 0.15) is 0 Å². The molecule has 4 heteroatoms. The van der Waals surface area contributed by atoms with Crippen molar-refractivity contribution in [2.45, 2.75) is 19.8 Å². The third kappa shape index (κ3) is 5.44. The minimum atomic E-state index is 0.667. The van der Waals surface area contributed by atoms with Crippen molar-refractivity contribution < 1.29 is 0 Å². The summed E-state index contributed by atoms with van der Waals surface area (Å²) in [7, 11) is 0. The molecule has 2 aromatic carbocycles. The summed E-state index contributed by atoms with van der Waals surface area (Å²) in [5.74, 6) is 0. The summed E-state index contributed by atoms with van der Waals surface area (Å²) in [5, 5.41) is 10.4. The van der Waals surface area contributed by atoms with Crippen LogP contribution in [0.2, 0.25) is 0 Å². The molecule has 2 aromatic rings. The predicted molar refractivity (Wildman–Crippen MR) is 95.3 cm³/mol. The Morgan fingerprint density at radius 2 is 1.67 bits per heavy atom. The van der Waals surface area contributed by atoms with Crippen molar-refractivity contribution in [3.8, 4) is 0 Å². The highest BCUT2D eigenvalue weighted by molar-refractivity contribution is 7.80. The zero-order valence-corrected chi connectivity index (χ0v) is 13.0. The van der Waals surface area contributed by atoms with Gasteiger partial charge in [-0.2, -0.15) is 0 Å². The third-order valence-electron chi connectivity index (χ3n) is 3.00. The number of para-hydroxylation sites is 1. The van der Waals surface area contributed by atoms with Gasteiger partial charge in [0.25, 0.3) is 0 Å². The van der Waals surface area contributed by atoms with Crippen LogP contribution >= 0.6 is 12.2 Å². The van der Waals surface area contributed by atoms with Crippen molar-refractivity contribution in [1.29, 1.82) is 0 Å². The molecular weight excluding hydrogens is 278 g/mol. The van der Waals surface area contributed by atoms with Gasteiger partial charge >= 0.3 is 0 Å². The van der Waals surface area contributed by atoms with Gasteiger partial charge < -0.3 is 16.0 Å². The molecule has 110 valence electrons. The Morgan fingerprint density at radius 1 is 0.952 bits per heavy atom. The zero-order valence-electron chi connectivity index (χ0n) is 12.2. The Hall–Kier alpha value is -2.07. The Morgan fingerprint density at radius 3 is 2.43 bits per heavy atom. The van der Waals surface area contributed by atoms with Crippen LogP contribution in [0.5, 0.6) is 0 Å². The molecule has 21 heavy (non-hydrogen) atoms. The van der Waals surface area contributed by atoms with Gasteiger partial charge in [0.15, 0.2) is 5.11 Å². The Kier molecular flexibility index (Phi) is 6.03. The topological polar surface area (TPSA) is 36.1 Å². The zero-order chi connectivity index (χ0) is 14.9. The molecule has 0 spiro atoms. The number of hydrogen-bond donors (Lipinski definition) is 3. The quantitative estimate of drug-likeness (QED) is 0.541. The minimum Gasteiger partial charge on any atom is -0.362 e. The summed E-state index contributed by atoms with van der Waals surface area (Å²) in [6.45, 7) is 3.07. The molecule has 0 aliphatic rings. The van der Waals surface area contributed by atoms with E-state index in [1.807, 2.05) is 54.6 Å². The molecule has 0 atom stereocenters. The first-order valence-electron chi connectivity index (χ1n) is 7.25. The first kappa shape index (κ1) is 15.3. The van der Waals surface area contributed by atoms with E-state index >= 15 is 0 Å². The van der Waals surface area contributed by atoms with Crippen LogP contribution < -0.4 is 16.0 Å². The number of benzene rings is 2. The highest BCUT2D eigenvalue weighted by atomic mass is 32.1. The van der Waals surface area contributed by atoms with Gasteiger partial charge in [-0.1, -0.05) is 37.6 Å². The number of hydrogen-bond acceptors (Lipinski definition) is 2. The highest BCUT2D eigenvalue weighted by Gasteiger charge is 1.99. The Balaban J connectivity index is 1.93. The number of thiocarbonyl (C=S) groups is 1. The molecule has 0 aromatic heterocycles. The second-order valence-electron chi connectivity index (χ2n) is 4.81. The third-order valence-corrected chi connectivity index (χ3v) is 3.25. The molecule has 0 radical (unpaired) electrons. The van der Waals surface area contributed by atoms with Crippen molar-refractivity contribution in [2.24, 2.45) is 0 Å². The van der Waals surface area contributed by atoms with Gasteiger partial charge in [-0.05, 0) is 49.0 Å². The molecule has 0 fully saturated rings. The normalized spacial score (nSPS) is 9.95. The average Bonchev–Trinajstić information content (AvgIpc) is 2.49. The number of rotatable bonds is 6. The van der Waals surface area contributed by atoms with Gasteiger partial charge in [0.05, 0.1) is 0 Å². The van der Waals surface area contributed by atoms with Crippen molar-refractivity contribution in [3.63, 3.8) is 0 Å². The second kappa shape index (κ2) is 8.27. The van der Waals surface area contributed by atoms with E-state index in [2.05, 4.69) is 22.9 Å². The fraction of sp³-hybridized carbons (Fsp3) is 0.235. The van der Waals surface area contributed by atoms with Gasteiger partial charge in [-0.25, -0.2) is 0 Å². The highest BCUT2D eigenvalue weighted by Crippen LogP contribution is 2.19. The standard InChI is InChI=1S/C17H21N3S/c1-2-3-12-18-17(21)20-16-11-7-10-15(13-16)19-14-8-5-4-6-9-14/h4-11,13,19H,2-3,12H2,1H3,(H2,18,20,21). The Labute approximate surface area is 131 Å². The van der Waals surface area contributed by atoms with Crippen LogP contribution in [0.1, 0.15) is 19.8 Å². The molecule has 0 heterocycles. The molecule has 0 saturated carbocycles. The van der Waals surface area contributed by atoms with E-state index in [9.17, 15) is 0 Å². The Bertz CT molecular complexity index is 569. The largest absolute Gasteiger partial charge is 0.362 e. The number of unbranched alkanes of at least 4 members (excludes halogenated alkanes) is 1. The molecular formula is C17H21N3S. The van der Waals surface area contributed by atoms with Crippen LogP contribution in [0, 0.1) is 0 Å². The number of nitrogens with one attached hydrogen (secondary N) is 3. The molecule has 0 bridgehead atoms. The molecule has 3 N–H and O–H groups in total. The summed E-state index contributed by atoms with van der Waals surface area (Å²) in [4.78, 5) is 0. The van der Waals surface area contributed by atoms with Crippen molar-refractivity contribution in [1.82, 2.24) is 5.32 Å². The van der Waals surface area contributed by atoms with Crippen LogP contribution in [0.25, 0.3) is 0 Å². The van der Waals surface area contributed by atoms with E-state index in [0.29, 0.717) is 5.11 Å². The van der Waals surface area contributed by atoms with Crippen LogP contribution in [-0.4, -0.2) is 11.7 Å². The van der Waals surface area contributed by atoms with Crippen molar-refractivity contribution in [3.05, 3.63) is 54.6 Å². The fourth-order valence-electron chi connectivity index (χ4n) is 1.92. The first-order valence-corrected chi connectivity index (χ1v) is 7.66. The SMILES string of the molecule is CCCCNC(=S)Nc1cccc(Nc2ccccc2)c1. The van der Waals surface area contributed by atoms with Crippen LogP contribution in [0.15, 0.2) is 54.6 Å². The van der Waals surface area contributed by atoms with E-state index < -0.39 is 0 Å². The lowest BCUT2D eigenvalue weighted by molar-refractivity contribution is 0.758. The maximum Gasteiger partial charge on any atom is 0.170 e. The molecule has 0 aliphatic carbocycles. The van der Waals surface area contributed by atoms with Gasteiger partial charge in [-0.3, -0.25) is 0 Å². The molecule has 0 saturated heterocycles. The predicted octanol–water partition coefficient (Wildman–Crippen LogP) is 4.52. The van der Waals surface area contributed by atoms with Gasteiger partial charge in [0, 0.05) is 23.6 Å². The van der Waals surface area contributed by atoms with E-state index in [0.717, 1.165) is 36.4 Å². The van der Waals surface area contributed by atoms with E-state index in [-0.39, 0.29) is 0 Å². The van der Waals surface area contributed by atoms with E-state index in [1.54, 1.807) is 0 Å². The molecule has 2 rings (SSSR count). The summed E-state index contributed by atoms with van der Waals surface area (Å²) < 4.78 is 0. The lowest BCUT2D eigenvalue weighted by Crippen LogP contribution is -2.29. The maximum absolute atomic E-state index is 5.28. The summed E-state index contributed by atoms with van der Waals surface area (Å²) in [6.07, 6.45) is 2.28. The first-order chi connectivity index (χ1) is 10.3. The molecule has 0 unspecified atom stereocenters. The van der Waals surface area contributed by atoms with Crippen LogP contribution in [-0.2, 0) is 0 Å². The number of anilines is 3. The minimum absolute atomic E-state index is 0.667. The van der Waals surface area contributed by atoms with Crippen LogP contribution in [0.3, 0.4) is 0 Å². The average molecular weight is 299 g/mol. The smallest absolute Gasteiger partial charge is 0.170 e. The monoisotopic (exact) mass is 299 g/mol. The molecule has 0 amide bonds. The van der Waals surface area contributed by atoms with Crippen LogP contribution in [0.4, 0.5) is 17.1 Å². The lowest BCUT2D eigenvalue weighted by atomic mass is 10.2. The lowest BCUT2D eigenvalue weighted by Gasteiger charge is -2.12. The van der Waals surface area contributed by atoms with Gasteiger partial charge in [0.2, 0.25) is 0 Å². The molecule has 3 nitrogen and oxygen atoms in total. The maximum atomic E-state index is 5.28. The summed E-state index contributed by atoms with van der Waals surface area (Å²) in [5.41, 5.74) is 3.07. The van der Waals surface area contributed by atoms with Crippen molar-refractivity contribution >= 4 is 34.4 Å². The summed E-state index contributed by atoms with van der Waals surface area (Å²) >= 11 is 5.28. The molecule has 0 aliphatic heterocycles. The second-order valence-corrected chi connectivity index (χ2v) is 5.21. The van der Waals surface area contributed by atoms with E-state index in [4.69, 9.17) is 12.2 Å². The van der Waals surface area contributed by atoms with E-state index in [1.165, 1.54) is 0 Å². The van der Waals surface area contributed by atoms with Gasteiger partial charge in [-0.15, -0.1) is 0 Å². The fourth-order valence-corrected chi connectivity index (χ4v) is 2.14. The summed E-state index contributed by atoms with van der Waals surface area (Å²) in [6, 6.07) is 18.2.